The summed E-state index contributed by atoms with van der Waals surface area (Å²) in [6.45, 7) is -0.284. The van der Waals surface area contributed by atoms with E-state index in [1.165, 1.54) is 0 Å². The third-order valence-electron chi connectivity index (χ3n) is 3.32. The van der Waals surface area contributed by atoms with Crippen LogP contribution in [-0.2, 0) is 14.4 Å². The lowest BCUT2D eigenvalue weighted by Crippen LogP contribution is -2.40. The van der Waals surface area contributed by atoms with Gasteiger partial charge >= 0.3 is 5.97 Å². The number of anilines is 1. The molecule has 21 heavy (non-hydrogen) atoms. The summed E-state index contributed by atoms with van der Waals surface area (Å²) < 4.78 is 0. The minimum atomic E-state index is -1.34. The topological polar surface area (TPSA) is 95.5 Å². The quantitative estimate of drug-likeness (QED) is 0.545. The van der Waals surface area contributed by atoms with Crippen molar-refractivity contribution in [2.24, 2.45) is 5.41 Å². The summed E-state index contributed by atoms with van der Waals surface area (Å²) in [5.74, 6) is 0.226. The normalized spacial score (nSPS) is 14.6. The van der Waals surface area contributed by atoms with Crippen LogP contribution < -0.4 is 10.6 Å². The minimum Gasteiger partial charge on any atom is -0.480 e. The Morgan fingerprint density at radius 2 is 2.05 bits per heavy atom. The van der Waals surface area contributed by atoms with Gasteiger partial charge in [-0.25, -0.2) is 0 Å². The lowest BCUT2D eigenvalue weighted by molar-refractivity contribution is -0.149. The number of amides is 2. The molecule has 0 atom stereocenters. The van der Waals surface area contributed by atoms with E-state index in [1.54, 1.807) is 24.3 Å². The van der Waals surface area contributed by atoms with Gasteiger partial charge in [0.2, 0.25) is 11.8 Å². The molecule has 0 saturated heterocycles. The van der Waals surface area contributed by atoms with Crippen molar-refractivity contribution in [3.63, 3.8) is 0 Å². The standard InChI is InChI=1S/C15H14N2O4/c1-2-10-4-3-5-11(8-10)17-12(18)9-16-13(19)15(6-7-15)14(20)21/h1,3-5,8H,6-7,9H2,(H,16,19)(H,17,18)(H,20,21). The van der Waals surface area contributed by atoms with Crippen molar-refractivity contribution in [3.8, 4) is 12.3 Å². The molecule has 0 radical (unpaired) electrons. The van der Waals surface area contributed by atoms with E-state index in [0.717, 1.165) is 0 Å². The zero-order chi connectivity index (χ0) is 15.5. The first kappa shape index (κ1) is 14.6. The van der Waals surface area contributed by atoms with E-state index in [1.807, 2.05) is 0 Å². The third kappa shape index (κ3) is 3.20. The Kier molecular flexibility index (Phi) is 3.94. The van der Waals surface area contributed by atoms with Crippen LogP contribution in [0, 0.1) is 17.8 Å². The largest absolute Gasteiger partial charge is 0.480 e. The molecule has 0 aromatic heterocycles. The van der Waals surface area contributed by atoms with Crippen molar-refractivity contribution in [1.82, 2.24) is 5.32 Å². The Morgan fingerprint density at radius 1 is 1.33 bits per heavy atom. The first-order chi connectivity index (χ1) is 9.98. The number of hydrogen-bond donors (Lipinski definition) is 3. The maximum Gasteiger partial charge on any atom is 0.319 e. The van der Waals surface area contributed by atoms with Crippen LogP contribution in [0.5, 0.6) is 0 Å². The highest BCUT2D eigenvalue weighted by Crippen LogP contribution is 2.45. The number of aliphatic carboxylic acids is 1. The van der Waals surface area contributed by atoms with E-state index >= 15 is 0 Å². The summed E-state index contributed by atoms with van der Waals surface area (Å²) in [5, 5.41) is 13.9. The van der Waals surface area contributed by atoms with Crippen LogP contribution in [0.1, 0.15) is 18.4 Å². The fourth-order valence-corrected chi connectivity index (χ4v) is 1.88. The van der Waals surface area contributed by atoms with Gasteiger partial charge in [-0.3, -0.25) is 14.4 Å². The van der Waals surface area contributed by atoms with E-state index in [-0.39, 0.29) is 6.54 Å². The van der Waals surface area contributed by atoms with Gasteiger partial charge in [-0.2, -0.15) is 0 Å². The fraction of sp³-hybridized carbons (Fsp3) is 0.267. The highest BCUT2D eigenvalue weighted by Gasteiger charge is 2.57. The van der Waals surface area contributed by atoms with E-state index in [2.05, 4.69) is 16.6 Å². The predicted molar refractivity (Wildman–Crippen MR) is 75.3 cm³/mol. The van der Waals surface area contributed by atoms with Crippen LogP contribution in [0.2, 0.25) is 0 Å². The lowest BCUT2D eigenvalue weighted by atomic mass is 10.1. The number of carboxylic acid groups (broad SMARTS) is 1. The van der Waals surface area contributed by atoms with Crippen molar-refractivity contribution in [1.29, 1.82) is 0 Å². The van der Waals surface area contributed by atoms with Gasteiger partial charge in [-0.15, -0.1) is 6.42 Å². The minimum absolute atomic E-state index is 0.284. The molecule has 0 unspecified atom stereocenters. The summed E-state index contributed by atoms with van der Waals surface area (Å²) >= 11 is 0. The first-order valence-electron chi connectivity index (χ1n) is 6.36. The molecule has 1 fully saturated rings. The molecule has 3 N–H and O–H groups in total. The maximum absolute atomic E-state index is 11.7. The van der Waals surface area contributed by atoms with Crippen LogP contribution in [0.15, 0.2) is 24.3 Å². The molecule has 6 heteroatoms. The Bertz CT molecular complexity index is 641. The summed E-state index contributed by atoms with van der Waals surface area (Å²) in [5.41, 5.74) is -0.201. The number of carbonyl (C=O) groups excluding carboxylic acids is 2. The summed E-state index contributed by atoms with van der Waals surface area (Å²) in [6.07, 6.45) is 5.87. The molecule has 6 nitrogen and oxygen atoms in total. The van der Waals surface area contributed by atoms with Gasteiger partial charge < -0.3 is 15.7 Å². The number of rotatable bonds is 5. The molecule has 2 rings (SSSR count). The molecule has 0 bridgehead atoms. The van der Waals surface area contributed by atoms with Crippen molar-refractivity contribution in [2.75, 3.05) is 11.9 Å². The second kappa shape index (κ2) is 5.67. The Labute approximate surface area is 121 Å². The molecule has 1 aliphatic rings. The van der Waals surface area contributed by atoms with Crippen molar-refractivity contribution in [3.05, 3.63) is 29.8 Å². The molecule has 1 aromatic carbocycles. The van der Waals surface area contributed by atoms with Gasteiger partial charge in [0.05, 0.1) is 6.54 Å². The van der Waals surface area contributed by atoms with E-state index in [4.69, 9.17) is 11.5 Å². The average molecular weight is 286 g/mol. The summed E-state index contributed by atoms with van der Waals surface area (Å²) in [6, 6.07) is 6.72. The van der Waals surface area contributed by atoms with E-state index < -0.39 is 23.2 Å². The van der Waals surface area contributed by atoms with Crippen molar-refractivity contribution >= 4 is 23.5 Å². The van der Waals surface area contributed by atoms with Crippen LogP contribution in [-0.4, -0.2) is 29.4 Å². The third-order valence-corrected chi connectivity index (χ3v) is 3.32. The van der Waals surface area contributed by atoms with Crippen molar-refractivity contribution in [2.45, 2.75) is 12.8 Å². The van der Waals surface area contributed by atoms with Crippen LogP contribution in [0.3, 0.4) is 0 Å². The van der Waals surface area contributed by atoms with Gasteiger partial charge in [-0.1, -0.05) is 12.0 Å². The average Bonchev–Trinajstić information content (AvgIpc) is 3.26. The maximum atomic E-state index is 11.7. The van der Waals surface area contributed by atoms with Gasteiger partial charge in [0.25, 0.3) is 0 Å². The number of benzene rings is 1. The molecule has 0 spiro atoms. The molecule has 108 valence electrons. The second-order valence-corrected chi connectivity index (χ2v) is 4.84. The van der Waals surface area contributed by atoms with Crippen molar-refractivity contribution < 1.29 is 19.5 Å². The Balaban J connectivity index is 1.87. The number of carbonyl (C=O) groups is 3. The highest BCUT2D eigenvalue weighted by atomic mass is 16.4. The first-order valence-corrected chi connectivity index (χ1v) is 6.36. The number of hydrogen-bond acceptors (Lipinski definition) is 3. The summed E-state index contributed by atoms with van der Waals surface area (Å²) in [7, 11) is 0. The fourth-order valence-electron chi connectivity index (χ4n) is 1.88. The lowest BCUT2D eigenvalue weighted by Gasteiger charge is -2.11. The monoisotopic (exact) mass is 286 g/mol. The highest BCUT2D eigenvalue weighted by molar-refractivity contribution is 6.06. The van der Waals surface area contributed by atoms with Gasteiger partial charge in [0, 0.05) is 11.3 Å². The molecule has 1 saturated carbocycles. The molecule has 0 heterocycles. The van der Waals surface area contributed by atoms with Gasteiger partial charge in [-0.05, 0) is 31.0 Å². The Hall–Kier alpha value is -2.81. The molecule has 0 aliphatic heterocycles. The van der Waals surface area contributed by atoms with E-state index in [0.29, 0.717) is 24.1 Å². The number of nitrogens with one attached hydrogen (secondary N) is 2. The zero-order valence-electron chi connectivity index (χ0n) is 11.2. The molecular weight excluding hydrogens is 272 g/mol. The SMILES string of the molecule is C#Cc1cccc(NC(=O)CNC(=O)C2(C(=O)O)CC2)c1. The smallest absolute Gasteiger partial charge is 0.319 e. The van der Waals surface area contributed by atoms with Gasteiger partial charge in [0.15, 0.2) is 0 Å². The number of carboxylic acids is 1. The summed E-state index contributed by atoms with van der Waals surface area (Å²) in [4.78, 5) is 34.4. The van der Waals surface area contributed by atoms with Gasteiger partial charge in [0.1, 0.15) is 5.41 Å². The molecule has 1 aliphatic carbocycles. The van der Waals surface area contributed by atoms with E-state index in [9.17, 15) is 14.4 Å². The second-order valence-electron chi connectivity index (χ2n) is 4.84. The predicted octanol–water partition coefficient (Wildman–Crippen LogP) is 0.587. The van der Waals surface area contributed by atoms with Crippen LogP contribution in [0.4, 0.5) is 5.69 Å². The molecular formula is C15H14N2O4. The molecule has 1 aromatic rings. The Morgan fingerprint density at radius 3 is 2.62 bits per heavy atom. The van der Waals surface area contributed by atoms with Crippen LogP contribution >= 0.6 is 0 Å². The molecule has 2 amide bonds. The number of terminal acetylenes is 1. The van der Waals surface area contributed by atoms with Crippen LogP contribution in [0.25, 0.3) is 0 Å². The zero-order valence-corrected chi connectivity index (χ0v) is 11.2.